The molecule has 0 atom stereocenters. The van der Waals surface area contributed by atoms with Crippen LogP contribution < -0.4 is 10.1 Å². The largest absolute Gasteiger partial charge is 0.494 e. The Kier molecular flexibility index (Phi) is 5.99. The molecule has 134 valence electrons. The van der Waals surface area contributed by atoms with Crippen molar-refractivity contribution in [3.63, 3.8) is 0 Å². The normalized spacial score (nSPS) is 10.4. The lowest BCUT2D eigenvalue weighted by Crippen LogP contribution is -2.34. The van der Waals surface area contributed by atoms with Crippen LogP contribution in [0.1, 0.15) is 30.0 Å². The van der Waals surface area contributed by atoms with Gasteiger partial charge in [-0.25, -0.2) is 9.59 Å². The third-order valence-electron chi connectivity index (χ3n) is 3.26. The standard InChI is InChI=1S/C17H19NO7/c1-4-22-11-6-7-13-12(8-11)10(3)15(25-13)16(20)24-9-14(19)18-17(21)23-5-2/h6-8H,4-5,9H2,1-3H3,(H,18,19,21). The number of carbonyl (C=O) groups excluding carboxylic acids is 3. The van der Waals surface area contributed by atoms with E-state index in [1.807, 2.05) is 12.2 Å². The highest BCUT2D eigenvalue weighted by Crippen LogP contribution is 2.29. The molecule has 0 saturated carbocycles. The number of alkyl carbamates (subject to hydrolysis) is 1. The van der Waals surface area contributed by atoms with Crippen molar-refractivity contribution in [2.24, 2.45) is 0 Å². The Morgan fingerprint density at radius 3 is 2.56 bits per heavy atom. The summed E-state index contributed by atoms with van der Waals surface area (Å²) in [4.78, 5) is 34.7. The number of hydrogen-bond acceptors (Lipinski definition) is 7. The average Bonchev–Trinajstić information content (AvgIpc) is 2.90. The maximum absolute atomic E-state index is 12.1. The minimum Gasteiger partial charge on any atom is -0.494 e. The van der Waals surface area contributed by atoms with Crippen LogP contribution in [0, 0.1) is 6.92 Å². The fraction of sp³-hybridized carbons (Fsp3) is 0.353. The lowest BCUT2D eigenvalue weighted by Gasteiger charge is -2.05. The summed E-state index contributed by atoms with van der Waals surface area (Å²) < 4.78 is 20.3. The zero-order valence-corrected chi connectivity index (χ0v) is 14.2. The Bertz CT molecular complexity index is 794. The van der Waals surface area contributed by atoms with Gasteiger partial charge in [0.25, 0.3) is 5.91 Å². The predicted molar refractivity (Wildman–Crippen MR) is 87.6 cm³/mol. The highest BCUT2D eigenvalue weighted by Gasteiger charge is 2.21. The predicted octanol–water partition coefficient (Wildman–Crippen LogP) is 2.57. The number of esters is 1. The van der Waals surface area contributed by atoms with E-state index in [9.17, 15) is 14.4 Å². The second-order valence-corrected chi connectivity index (χ2v) is 4.99. The molecule has 0 fully saturated rings. The fourth-order valence-corrected chi connectivity index (χ4v) is 2.16. The number of fused-ring (bicyclic) bond motifs is 1. The number of amides is 2. The molecule has 0 aliphatic carbocycles. The number of furan rings is 1. The van der Waals surface area contributed by atoms with Crippen molar-refractivity contribution >= 4 is 28.9 Å². The van der Waals surface area contributed by atoms with Gasteiger partial charge in [0.15, 0.2) is 6.61 Å². The number of nitrogens with one attached hydrogen (secondary N) is 1. The van der Waals surface area contributed by atoms with Crippen molar-refractivity contribution in [1.82, 2.24) is 5.32 Å². The molecule has 1 N–H and O–H groups in total. The number of ether oxygens (including phenoxy) is 3. The van der Waals surface area contributed by atoms with Crippen LogP contribution in [0.4, 0.5) is 4.79 Å². The first-order chi connectivity index (χ1) is 12.0. The van der Waals surface area contributed by atoms with E-state index in [-0.39, 0.29) is 12.4 Å². The number of imide groups is 1. The summed E-state index contributed by atoms with van der Waals surface area (Å²) >= 11 is 0. The Morgan fingerprint density at radius 1 is 1.12 bits per heavy atom. The first kappa shape index (κ1) is 18.3. The number of hydrogen-bond donors (Lipinski definition) is 1. The quantitative estimate of drug-likeness (QED) is 0.799. The van der Waals surface area contributed by atoms with Crippen LogP contribution in [0.5, 0.6) is 5.75 Å². The molecule has 0 bridgehead atoms. The molecule has 0 spiro atoms. The maximum Gasteiger partial charge on any atom is 0.413 e. The average molecular weight is 349 g/mol. The van der Waals surface area contributed by atoms with Crippen LogP contribution in [0.25, 0.3) is 11.0 Å². The van der Waals surface area contributed by atoms with Crippen molar-refractivity contribution in [1.29, 1.82) is 0 Å². The SMILES string of the molecule is CCOC(=O)NC(=O)COC(=O)c1oc2ccc(OCC)cc2c1C. The maximum atomic E-state index is 12.1. The monoisotopic (exact) mass is 349 g/mol. The second-order valence-electron chi connectivity index (χ2n) is 4.99. The van der Waals surface area contributed by atoms with Gasteiger partial charge >= 0.3 is 12.1 Å². The highest BCUT2D eigenvalue weighted by molar-refractivity contribution is 5.98. The van der Waals surface area contributed by atoms with Crippen LogP contribution in [-0.2, 0) is 14.3 Å². The Balaban J connectivity index is 2.05. The first-order valence-corrected chi connectivity index (χ1v) is 7.75. The summed E-state index contributed by atoms with van der Waals surface area (Å²) in [5.41, 5.74) is 1.08. The summed E-state index contributed by atoms with van der Waals surface area (Å²) in [7, 11) is 0. The fourth-order valence-electron chi connectivity index (χ4n) is 2.16. The van der Waals surface area contributed by atoms with Crippen molar-refractivity contribution in [3.8, 4) is 5.75 Å². The molecule has 0 saturated heterocycles. The van der Waals surface area contributed by atoms with Crippen LogP contribution in [0.2, 0.25) is 0 Å². The van der Waals surface area contributed by atoms with Gasteiger partial charge in [-0.3, -0.25) is 10.1 Å². The molecule has 1 aromatic carbocycles. The van der Waals surface area contributed by atoms with Gasteiger partial charge in [0, 0.05) is 10.9 Å². The molecule has 2 aromatic rings. The summed E-state index contributed by atoms with van der Waals surface area (Å²) in [6.07, 6.45) is -0.896. The molecule has 25 heavy (non-hydrogen) atoms. The second kappa shape index (κ2) is 8.18. The van der Waals surface area contributed by atoms with Gasteiger partial charge in [0.05, 0.1) is 13.2 Å². The molecule has 1 aromatic heterocycles. The Hall–Kier alpha value is -3.03. The first-order valence-electron chi connectivity index (χ1n) is 7.75. The van der Waals surface area contributed by atoms with Crippen molar-refractivity contribution in [3.05, 3.63) is 29.5 Å². The molecule has 2 amide bonds. The summed E-state index contributed by atoms with van der Waals surface area (Å²) in [6, 6.07) is 5.19. The molecule has 8 heteroatoms. The van der Waals surface area contributed by atoms with Gasteiger partial charge in [-0.15, -0.1) is 0 Å². The van der Waals surface area contributed by atoms with E-state index < -0.39 is 24.6 Å². The van der Waals surface area contributed by atoms with E-state index in [1.165, 1.54) is 0 Å². The smallest absolute Gasteiger partial charge is 0.413 e. The van der Waals surface area contributed by atoms with E-state index in [4.69, 9.17) is 13.9 Å². The zero-order chi connectivity index (χ0) is 18.4. The summed E-state index contributed by atoms with van der Waals surface area (Å²) in [5, 5.41) is 2.64. The molecular formula is C17H19NO7. The molecule has 0 radical (unpaired) electrons. The van der Waals surface area contributed by atoms with Gasteiger partial charge in [-0.05, 0) is 39.0 Å². The molecular weight excluding hydrogens is 330 g/mol. The minimum absolute atomic E-state index is 0.00687. The van der Waals surface area contributed by atoms with Crippen molar-refractivity contribution < 1.29 is 33.0 Å². The van der Waals surface area contributed by atoms with Gasteiger partial charge in [-0.1, -0.05) is 0 Å². The third kappa shape index (κ3) is 4.50. The zero-order valence-electron chi connectivity index (χ0n) is 14.2. The lowest BCUT2D eigenvalue weighted by atomic mass is 10.1. The molecule has 0 aliphatic rings. The molecule has 1 heterocycles. The summed E-state index contributed by atoms with van der Waals surface area (Å²) in [6.45, 7) is 5.20. The van der Waals surface area contributed by atoms with Gasteiger partial charge < -0.3 is 18.6 Å². The molecule has 2 rings (SSSR count). The lowest BCUT2D eigenvalue weighted by molar-refractivity contribution is -0.123. The van der Waals surface area contributed by atoms with Crippen LogP contribution in [0.15, 0.2) is 22.6 Å². The van der Waals surface area contributed by atoms with Crippen molar-refractivity contribution in [2.45, 2.75) is 20.8 Å². The van der Waals surface area contributed by atoms with Crippen LogP contribution >= 0.6 is 0 Å². The van der Waals surface area contributed by atoms with Crippen LogP contribution in [0.3, 0.4) is 0 Å². The summed E-state index contributed by atoms with van der Waals surface area (Å²) in [5.74, 6) is -0.940. The van der Waals surface area contributed by atoms with E-state index in [0.717, 1.165) is 0 Å². The van der Waals surface area contributed by atoms with Crippen molar-refractivity contribution in [2.75, 3.05) is 19.8 Å². The third-order valence-corrected chi connectivity index (χ3v) is 3.26. The number of aryl methyl sites for hydroxylation is 1. The Morgan fingerprint density at radius 2 is 1.88 bits per heavy atom. The minimum atomic E-state index is -0.896. The topological polar surface area (TPSA) is 104 Å². The molecule has 0 unspecified atom stereocenters. The van der Waals surface area contributed by atoms with Gasteiger partial charge in [0.1, 0.15) is 11.3 Å². The van der Waals surface area contributed by atoms with E-state index in [1.54, 1.807) is 32.0 Å². The highest BCUT2D eigenvalue weighted by atomic mass is 16.6. The number of carbonyl (C=O) groups is 3. The molecule has 0 aliphatic heterocycles. The number of benzene rings is 1. The van der Waals surface area contributed by atoms with E-state index in [0.29, 0.717) is 28.9 Å². The van der Waals surface area contributed by atoms with E-state index >= 15 is 0 Å². The molecule has 8 nitrogen and oxygen atoms in total. The number of rotatable bonds is 6. The van der Waals surface area contributed by atoms with Crippen LogP contribution in [-0.4, -0.2) is 37.8 Å². The van der Waals surface area contributed by atoms with E-state index in [2.05, 4.69) is 4.74 Å². The van der Waals surface area contributed by atoms with Gasteiger partial charge in [-0.2, -0.15) is 0 Å². The van der Waals surface area contributed by atoms with Gasteiger partial charge in [0.2, 0.25) is 5.76 Å². The Labute approximate surface area is 144 Å².